The topological polar surface area (TPSA) is 88.3 Å². The van der Waals surface area contributed by atoms with Gasteiger partial charge in [-0.1, -0.05) is 12.1 Å². The van der Waals surface area contributed by atoms with Gasteiger partial charge in [0.15, 0.2) is 0 Å². The van der Waals surface area contributed by atoms with Crippen molar-refractivity contribution in [3.8, 4) is 17.2 Å². The molecule has 0 spiro atoms. The lowest BCUT2D eigenvalue weighted by Gasteiger charge is -2.15. The minimum absolute atomic E-state index is 0. The molecule has 1 heterocycles. The van der Waals surface area contributed by atoms with Crippen molar-refractivity contribution in [2.45, 2.75) is 19.2 Å². The molecule has 126 valence electrons. The largest absolute Gasteiger partial charge is 0.394 e. The molecule has 0 radical (unpaired) electrons. The van der Waals surface area contributed by atoms with Crippen LogP contribution in [0.2, 0.25) is 0 Å². The van der Waals surface area contributed by atoms with Crippen molar-refractivity contribution in [1.29, 1.82) is 5.26 Å². The van der Waals surface area contributed by atoms with Gasteiger partial charge < -0.3 is 20.8 Å². The Morgan fingerprint density at radius 2 is 1.96 bits per heavy atom. The van der Waals surface area contributed by atoms with E-state index in [4.69, 9.17) is 10.4 Å². The van der Waals surface area contributed by atoms with Gasteiger partial charge in [-0.15, -0.1) is 12.4 Å². The third-order valence-electron chi connectivity index (χ3n) is 4.04. The summed E-state index contributed by atoms with van der Waals surface area (Å²) in [6.45, 7) is 1.68. The molecule has 1 unspecified atom stereocenters. The maximum absolute atomic E-state index is 9.50. The first-order valence-corrected chi connectivity index (χ1v) is 7.61. The lowest BCUT2D eigenvalue weighted by atomic mass is 9.95. The van der Waals surface area contributed by atoms with Crippen molar-refractivity contribution in [1.82, 2.24) is 5.32 Å². The predicted molar refractivity (Wildman–Crippen MR) is 96.0 cm³/mol. The summed E-state index contributed by atoms with van der Waals surface area (Å²) in [6.07, 6.45) is -0.778. The van der Waals surface area contributed by atoms with Gasteiger partial charge in [0, 0.05) is 25.3 Å². The third-order valence-corrected chi connectivity index (χ3v) is 4.04. The van der Waals surface area contributed by atoms with Crippen molar-refractivity contribution >= 4 is 18.1 Å². The van der Waals surface area contributed by atoms with E-state index < -0.39 is 6.10 Å². The van der Waals surface area contributed by atoms with Crippen LogP contribution < -0.4 is 10.6 Å². The number of nitrogens with zero attached hydrogens (tertiary/aromatic N) is 1. The molecule has 0 bridgehead atoms. The number of nitriles is 1. The Morgan fingerprint density at radius 3 is 2.62 bits per heavy atom. The smallest absolute Gasteiger partial charge is 0.0991 e. The summed E-state index contributed by atoms with van der Waals surface area (Å²) in [6, 6.07) is 13.8. The van der Waals surface area contributed by atoms with E-state index in [9.17, 15) is 5.11 Å². The van der Waals surface area contributed by atoms with Crippen LogP contribution in [0, 0.1) is 11.3 Å². The van der Waals surface area contributed by atoms with E-state index in [2.05, 4.69) is 28.8 Å². The standard InChI is InChI=1S/C18H19N3O2.ClH/c19-7-12-1-3-13(4-2-12)17-6-15(21-9-16(23)11-22)5-14-8-20-10-18(14)17;/h1-6,16,20-23H,8-11H2;1H. The fourth-order valence-electron chi connectivity index (χ4n) is 2.80. The molecule has 5 nitrogen and oxygen atoms in total. The molecule has 0 saturated carbocycles. The highest BCUT2D eigenvalue weighted by atomic mass is 35.5. The van der Waals surface area contributed by atoms with Gasteiger partial charge in [-0.3, -0.25) is 0 Å². The minimum atomic E-state index is -0.778. The van der Waals surface area contributed by atoms with Gasteiger partial charge in [0.05, 0.1) is 24.3 Å². The Morgan fingerprint density at radius 1 is 1.21 bits per heavy atom. The molecule has 3 rings (SSSR count). The van der Waals surface area contributed by atoms with Gasteiger partial charge in [0.1, 0.15) is 0 Å². The van der Waals surface area contributed by atoms with Crippen LogP contribution in [0.3, 0.4) is 0 Å². The summed E-state index contributed by atoms with van der Waals surface area (Å²) in [5, 5.41) is 33.9. The molecule has 6 heteroatoms. The van der Waals surface area contributed by atoms with Crippen LogP contribution in [0.25, 0.3) is 11.1 Å². The van der Waals surface area contributed by atoms with Crippen molar-refractivity contribution in [2.24, 2.45) is 0 Å². The van der Waals surface area contributed by atoms with Crippen LogP contribution in [-0.4, -0.2) is 29.5 Å². The molecule has 0 fully saturated rings. The Hall–Kier alpha value is -2.10. The quantitative estimate of drug-likeness (QED) is 0.666. The summed E-state index contributed by atoms with van der Waals surface area (Å²) in [7, 11) is 0. The summed E-state index contributed by atoms with van der Waals surface area (Å²) < 4.78 is 0. The zero-order valence-electron chi connectivity index (χ0n) is 13.1. The van der Waals surface area contributed by atoms with E-state index in [-0.39, 0.29) is 19.0 Å². The zero-order chi connectivity index (χ0) is 16.2. The molecule has 0 aliphatic carbocycles. The molecule has 1 aliphatic heterocycles. The number of aliphatic hydroxyl groups is 2. The molecule has 0 saturated heterocycles. The number of halogens is 1. The van der Waals surface area contributed by atoms with Crippen LogP contribution in [0.1, 0.15) is 16.7 Å². The van der Waals surface area contributed by atoms with Crippen molar-refractivity contribution in [2.75, 3.05) is 18.5 Å². The second kappa shape index (κ2) is 8.13. The van der Waals surface area contributed by atoms with E-state index >= 15 is 0 Å². The SMILES string of the molecule is Cl.N#Cc1ccc(-c2cc(NCC(O)CO)cc3c2CNC3)cc1. The number of nitrogens with one attached hydrogen (secondary N) is 2. The van der Waals surface area contributed by atoms with Crippen molar-refractivity contribution in [3.05, 3.63) is 53.1 Å². The predicted octanol–water partition coefficient (Wildman–Crippen LogP) is 2.02. The van der Waals surface area contributed by atoms with Crippen molar-refractivity contribution < 1.29 is 10.2 Å². The van der Waals surface area contributed by atoms with Crippen LogP contribution >= 0.6 is 12.4 Å². The number of aliphatic hydroxyl groups excluding tert-OH is 2. The maximum atomic E-state index is 9.50. The molecule has 0 aromatic heterocycles. The Balaban J connectivity index is 0.00000208. The van der Waals surface area contributed by atoms with Gasteiger partial charge in [-0.05, 0) is 46.5 Å². The van der Waals surface area contributed by atoms with E-state index in [1.165, 1.54) is 11.1 Å². The maximum Gasteiger partial charge on any atom is 0.0991 e. The van der Waals surface area contributed by atoms with Crippen molar-refractivity contribution in [3.63, 3.8) is 0 Å². The van der Waals surface area contributed by atoms with Crippen LogP contribution in [-0.2, 0) is 13.1 Å². The Kier molecular flexibility index (Phi) is 6.18. The molecule has 4 N–H and O–H groups in total. The first kappa shape index (κ1) is 18.2. The zero-order valence-corrected chi connectivity index (χ0v) is 13.9. The average molecular weight is 346 g/mol. The number of anilines is 1. The lowest BCUT2D eigenvalue weighted by Crippen LogP contribution is -2.23. The average Bonchev–Trinajstić information content (AvgIpc) is 3.07. The first-order chi connectivity index (χ1) is 11.2. The summed E-state index contributed by atoms with van der Waals surface area (Å²) in [4.78, 5) is 0. The van der Waals surface area contributed by atoms with Crippen LogP contribution in [0.15, 0.2) is 36.4 Å². The highest BCUT2D eigenvalue weighted by molar-refractivity contribution is 5.85. The fourth-order valence-corrected chi connectivity index (χ4v) is 2.80. The highest BCUT2D eigenvalue weighted by Gasteiger charge is 2.17. The van der Waals surface area contributed by atoms with E-state index in [0.29, 0.717) is 12.1 Å². The van der Waals surface area contributed by atoms with Gasteiger partial charge >= 0.3 is 0 Å². The van der Waals surface area contributed by atoms with Gasteiger partial charge in [-0.2, -0.15) is 5.26 Å². The number of benzene rings is 2. The van der Waals surface area contributed by atoms with Gasteiger partial charge in [0.25, 0.3) is 0 Å². The Labute approximate surface area is 147 Å². The van der Waals surface area contributed by atoms with Crippen LogP contribution in [0.5, 0.6) is 0 Å². The monoisotopic (exact) mass is 345 g/mol. The molecule has 2 aromatic rings. The normalized spacial score (nSPS) is 13.5. The summed E-state index contributed by atoms with van der Waals surface area (Å²) in [5.74, 6) is 0. The molecule has 24 heavy (non-hydrogen) atoms. The minimum Gasteiger partial charge on any atom is -0.394 e. The van der Waals surface area contributed by atoms with E-state index in [0.717, 1.165) is 29.9 Å². The number of rotatable bonds is 5. The first-order valence-electron chi connectivity index (χ1n) is 7.61. The fraction of sp³-hybridized carbons (Fsp3) is 0.278. The van der Waals surface area contributed by atoms with E-state index in [1.807, 2.05) is 24.3 Å². The summed E-state index contributed by atoms with van der Waals surface area (Å²) in [5.41, 5.74) is 6.24. The summed E-state index contributed by atoms with van der Waals surface area (Å²) >= 11 is 0. The molecule has 1 atom stereocenters. The number of hydrogen-bond donors (Lipinski definition) is 4. The molecule has 0 amide bonds. The molecule has 1 aliphatic rings. The van der Waals surface area contributed by atoms with Gasteiger partial charge in [-0.25, -0.2) is 0 Å². The lowest BCUT2D eigenvalue weighted by molar-refractivity contribution is 0.105. The second-order valence-corrected chi connectivity index (χ2v) is 5.67. The molecular formula is C18H20ClN3O2. The third kappa shape index (κ3) is 3.86. The second-order valence-electron chi connectivity index (χ2n) is 5.67. The molecular weight excluding hydrogens is 326 g/mol. The van der Waals surface area contributed by atoms with Crippen LogP contribution in [0.4, 0.5) is 5.69 Å². The number of fused-ring (bicyclic) bond motifs is 1. The van der Waals surface area contributed by atoms with E-state index in [1.54, 1.807) is 0 Å². The highest BCUT2D eigenvalue weighted by Crippen LogP contribution is 2.32. The Bertz CT molecular complexity index is 741. The number of hydrogen-bond acceptors (Lipinski definition) is 5. The van der Waals surface area contributed by atoms with Gasteiger partial charge in [0.2, 0.25) is 0 Å². The molecule has 2 aromatic carbocycles.